The van der Waals surface area contributed by atoms with Gasteiger partial charge in [0.05, 0.1) is 0 Å². The zero-order chi connectivity index (χ0) is 59.0. The van der Waals surface area contributed by atoms with Crippen LogP contribution in [0.1, 0.15) is 136 Å². The molecule has 426 valence electrons. The van der Waals surface area contributed by atoms with Crippen LogP contribution in [-0.4, -0.2) is 15.0 Å². The molecule has 0 atom stereocenters. The van der Waals surface area contributed by atoms with E-state index in [9.17, 15) is 0 Å². The molecule has 0 radical (unpaired) electrons. The van der Waals surface area contributed by atoms with Crippen LogP contribution in [-0.2, 0) is 52.6 Å². The number of hydrogen-bond acceptors (Lipinski definition) is 3. The van der Waals surface area contributed by atoms with Gasteiger partial charge in [-0.05, 0) is 224 Å². The minimum atomic E-state index is -0.0538. The number of aromatic nitrogens is 3. The second-order valence-corrected chi connectivity index (χ2v) is 30.8. The largest absolute Gasteiger partial charge is 3.00 e. The van der Waals surface area contributed by atoms with E-state index in [0.29, 0.717) is 0 Å². The van der Waals surface area contributed by atoms with Gasteiger partial charge in [-0.3, -0.25) is 0 Å². The SMILES string of the molecule is CC1(C)CC(C)(C)c2cc(-c3cc(-c4cc5c(cc4-c4ccc(-c6[c-]ccc(Br)c6)nc4)C(C)(C)CC5(C)C)cc(-c4cc5c(cc4-c4ccc(-c6[c-]ccc(Br)c6)nc4)C(C)(C)CC5(C)C)c3)c(-c3ccc(-c4[c-]ccc(Br)c4)nc3)cc21.[Ir+3]. The maximum atomic E-state index is 5.18. The van der Waals surface area contributed by atoms with Gasteiger partial charge in [0.2, 0.25) is 0 Å². The molecule has 0 N–H and O–H groups in total. The van der Waals surface area contributed by atoms with E-state index in [-0.39, 0.29) is 52.6 Å². The van der Waals surface area contributed by atoms with Crippen molar-refractivity contribution in [3.63, 3.8) is 0 Å². The summed E-state index contributed by atoms with van der Waals surface area (Å²) >= 11 is 11.1. The van der Waals surface area contributed by atoms with Gasteiger partial charge in [0.1, 0.15) is 0 Å². The topological polar surface area (TPSA) is 38.7 Å². The molecule has 0 bridgehead atoms. The van der Waals surface area contributed by atoms with Gasteiger partial charge in [0, 0.05) is 18.6 Å². The van der Waals surface area contributed by atoms with E-state index in [1.807, 2.05) is 36.4 Å². The second kappa shape index (κ2) is 21.4. The van der Waals surface area contributed by atoms with Crippen molar-refractivity contribution in [2.24, 2.45) is 0 Å². The molecule has 3 heterocycles. The van der Waals surface area contributed by atoms with Crippen LogP contribution in [0.5, 0.6) is 0 Å². The fourth-order valence-electron chi connectivity index (χ4n) is 15.5. The van der Waals surface area contributed by atoms with Gasteiger partial charge in [-0.2, -0.15) is 0 Å². The third-order valence-corrected chi connectivity index (χ3v) is 20.2. The van der Waals surface area contributed by atoms with E-state index in [1.54, 1.807) is 0 Å². The van der Waals surface area contributed by atoms with E-state index in [0.717, 1.165) is 99.8 Å². The molecule has 85 heavy (non-hydrogen) atoms. The van der Waals surface area contributed by atoms with Gasteiger partial charge in [-0.15, -0.1) is 89.5 Å². The van der Waals surface area contributed by atoms with Crippen LogP contribution in [0.25, 0.3) is 101 Å². The summed E-state index contributed by atoms with van der Waals surface area (Å²) in [6.45, 7) is 29.1. The van der Waals surface area contributed by atoms with Crippen LogP contribution >= 0.6 is 47.8 Å². The van der Waals surface area contributed by atoms with Crippen molar-refractivity contribution in [2.45, 2.75) is 135 Å². The van der Waals surface area contributed by atoms with Gasteiger partial charge in [-0.25, -0.2) is 0 Å². The monoisotopic (exact) mass is 1480 g/mol. The van der Waals surface area contributed by atoms with Gasteiger partial charge in [0.25, 0.3) is 0 Å². The molecular formula is C78H69Br3IrN3. The Kier molecular flexibility index (Phi) is 15.0. The fourth-order valence-corrected chi connectivity index (χ4v) is 16.6. The van der Waals surface area contributed by atoms with Gasteiger partial charge in [-0.1, -0.05) is 181 Å². The summed E-state index contributed by atoms with van der Waals surface area (Å²) in [5, 5.41) is 0. The molecule has 0 unspecified atom stereocenters. The third kappa shape index (κ3) is 10.9. The summed E-state index contributed by atoms with van der Waals surface area (Å²) in [6.07, 6.45) is 9.36. The number of rotatable bonds is 9. The fraction of sp³-hybridized carbons (Fsp3) is 0.269. The summed E-state index contributed by atoms with van der Waals surface area (Å²) in [7, 11) is 0. The number of halogens is 3. The second-order valence-electron chi connectivity index (χ2n) is 28.0. The minimum Gasteiger partial charge on any atom is -0.304 e. The number of pyridine rings is 3. The maximum absolute atomic E-state index is 5.18. The van der Waals surface area contributed by atoms with E-state index in [4.69, 9.17) is 15.0 Å². The molecule has 0 fully saturated rings. The summed E-state index contributed by atoms with van der Waals surface area (Å²) < 4.78 is 3.00. The van der Waals surface area contributed by atoms with E-state index in [1.165, 1.54) is 66.8 Å². The normalized spacial score (nSPS) is 17.0. The van der Waals surface area contributed by atoms with Crippen LogP contribution < -0.4 is 0 Å². The first-order chi connectivity index (χ1) is 39.7. The molecular weight excluding hydrogens is 1410 g/mol. The van der Waals surface area contributed by atoms with Crippen LogP contribution in [0.2, 0.25) is 0 Å². The predicted octanol–water partition coefficient (Wildman–Crippen LogP) is 22.4. The molecule has 0 saturated carbocycles. The van der Waals surface area contributed by atoms with Crippen molar-refractivity contribution in [3.05, 3.63) is 229 Å². The van der Waals surface area contributed by atoms with E-state index < -0.39 is 0 Å². The Bertz CT molecular complexity index is 3850. The average Bonchev–Trinajstić information content (AvgIpc) is 1.72. The van der Waals surface area contributed by atoms with Gasteiger partial charge >= 0.3 is 20.1 Å². The van der Waals surface area contributed by atoms with Crippen molar-refractivity contribution in [1.82, 2.24) is 15.0 Å². The molecule has 7 aromatic carbocycles. The Labute approximate surface area is 542 Å². The molecule has 3 aliphatic carbocycles. The van der Waals surface area contributed by atoms with Crippen molar-refractivity contribution in [3.8, 4) is 101 Å². The predicted molar refractivity (Wildman–Crippen MR) is 360 cm³/mol. The Morgan fingerprint density at radius 3 is 0.718 bits per heavy atom. The Morgan fingerprint density at radius 1 is 0.294 bits per heavy atom. The molecule has 3 aliphatic rings. The molecule has 3 aromatic heterocycles. The van der Waals surface area contributed by atoms with Crippen LogP contribution in [0.4, 0.5) is 0 Å². The molecule has 0 saturated heterocycles. The number of benzene rings is 7. The van der Waals surface area contributed by atoms with Crippen molar-refractivity contribution >= 4 is 47.8 Å². The van der Waals surface area contributed by atoms with Crippen LogP contribution in [0.15, 0.2) is 178 Å². The zero-order valence-electron chi connectivity index (χ0n) is 50.5. The van der Waals surface area contributed by atoms with Crippen molar-refractivity contribution in [2.75, 3.05) is 0 Å². The van der Waals surface area contributed by atoms with Crippen molar-refractivity contribution < 1.29 is 20.1 Å². The Morgan fingerprint density at radius 2 is 0.518 bits per heavy atom. The first-order valence-electron chi connectivity index (χ1n) is 29.4. The summed E-state index contributed by atoms with van der Waals surface area (Å²) in [5.74, 6) is 0. The van der Waals surface area contributed by atoms with Gasteiger partial charge < -0.3 is 15.0 Å². The Hall–Kier alpha value is -5.92. The summed E-state index contributed by atoms with van der Waals surface area (Å²) in [5.41, 5.74) is 27.4. The molecule has 10 aromatic rings. The summed E-state index contributed by atoms with van der Waals surface area (Å²) in [6, 6.07) is 64.3. The van der Waals surface area contributed by atoms with Crippen LogP contribution in [0.3, 0.4) is 0 Å². The molecule has 7 heteroatoms. The first-order valence-corrected chi connectivity index (χ1v) is 31.8. The number of hydrogen-bond donors (Lipinski definition) is 0. The maximum Gasteiger partial charge on any atom is 3.00 e. The van der Waals surface area contributed by atoms with Crippen molar-refractivity contribution in [1.29, 1.82) is 0 Å². The average molecular weight is 1480 g/mol. The third-order valence-electron chi connectivity index (χ3n) is 18.7. The minimum absolute atomic E-state index is 0. The van der Waals surface area contributed by atoms with Gasteiger partial charge in [0.15, 0.2) is 0 Å². The first kappa shape index (κ1) is 59.4. The number of fused-ring (bicyclic) bond motifs is 3. The zero-order valence-corrected chi connectivity index (χ0v) is 57.7. The standard InChI is InChI=1S/C78H69Br3N3.Ir/c1-73(2)43-76(7,8)67-37-61(58(34-64(67)73)49-22-25-70(82-40-49)46-16-13-19-55(79)31-46)52-28-53(62-38-68-65(74(3,4)44-77(68,9)10)35-59(62)50-23-26-71(83-41-50)47-17-14-20-56(80)32-47)30-54(29-52)63-39-69-66(75(5,6)45-78(69,11)12)36-60(63)51-24-27-72(84-42-51)48-18-15-21-57(81)33-48;/h13-15,19-42H,43-45H2,1-12H3;/q-3;+3. The molecule has 0 amide bonds. The number of nitrogens with zero attached hydrogens (tertiary/aromatic N) is 3. The van der Waals surface area contributed by atoms with E-state index in [2.05, 4.69) is 277 Å². The van der Waals surface area contributed by atoms with Crippen LogP contribution in [0, 0.1) is 18.2 Å². The molecule has 0 spiro atoms. The molecule has 3 nitrogen and oxygen atoms in total. The Balaban J connectivity index is 0.00000709. The quantitative estimate of drug-likeness (QED) is 0.135. The molecule has 0 aliphatic heterocycles. The molecule has 13 rings (SSSR count). The van der Waals surface area contributed by atoms with E-state index >= 15 is 0 Å². The summed E-state index contributed by atoms with van der Waals surface area (Å²) in [4.78, 5) is 15.6. The smallest absolute Gasteiger partial charge is 0.304 e.